The van der Waals surface area contributed by atoms with Gasteiger partial charge in [0.15, 0.2) is 5.75 Å². The summed E-state index contributed by atoms with van der Waals surface area (Å²) in [6, 6.07) is 31.9. The zero-order valence-corrected chi connectivity index (χ0v) is 17.9. The van der Waals surface area contributed by atoms with Crippen molar-refractivity contribution in [3.05, 3.63) is 108 Å². The van der Waals surface area contributed by atoms with Crippen LogP contribution in [0.25, 0.3) is 16.7 Å². The number of aromatic nitrogens is 3. The molecule has 4 aromatic carbocycles. The number of hydrogen-bond acceptors (Lipinski definition) is 6. The normalized spacial score (nSPS) is 10.4. The van der Waals surface area contributed by atoms with Crippen LogP contribution in [0.4, 0.5) is 0 Å². The molecule has 0 amide bonds. The average Bonchev–Trinajstić information content (AvgIpc) is 3.32. The number of fused-ring (bicyclic) bond motifs is 1. The van der Waals surface area contributed by atoms with Crippen LogP contribution in [0.3, 0.4) is 0 Å². The smallest absolute Gasteiger partial charge is 0.154 e. The second kappa shape index (κ2) is 9.15. The van der Waals surface area contributed by atoms with Crippen LogP contribution in [-0.4, -0.2) is 15.0 Å². The number of rotatable bonds is 6. The van der Waals surface area contributed by atoms with E-state index < -0.39 is 0 Å². The molecule has 0 aliphatic carbocycles. The molecule has 162 valence electrons. The molecule has 0 atom stereocenters. The minimum Gasteiger partial charge on any atom is -0.489 e. The second-order valence-electron chi connectivity index (χ2n) is 7.43. The van der Waals surface area contributed by atoms with Gasteiger partial charge in [0.2, 0.25) is 0 Å². The Morgan fingerprint density at radius 2 is 1.44 bits per heavy atom. The number of benzene rings is 4. The van der Waals surface area contributed by atoms with Gasteiger partial charge in [-0.25, -0.2) is 4.68 Å². The molecule has 5 rings (SSSR count). The van der Waals surface area contributed by atoms with Crippen molar-refractivity contribution in [3.63, 3.8) is 0 Å². The van der Waals surface area contributed by atoms with Crippen molar-refractivity contribution in [1.29, 1.82) is 10.5 Å². The first kappa shape index (κ1) is 20.7. The molecule has 1 aromatic heterocycles. The van der Waals surface area contributed by atoms with Gasteiger partial charge < -0.3 is 9.47 Å². The monoisotopic (exact) mass is 443 g/mol. The number of nitrogens with zero attached hydrogens (tertiary/aromatic N) is 5. The molecule has 0 radical (unpaired) electrons. The Hall–Kier alpha value is -5.14. The fraction of sp³-hybridized carbons (Fsp3) is 0.0370. The minimum absolute atomic E-state index is 0.216. The van der Waals surface area contributed by atoms with Gasteiger partial charge in [-0.05, 0) is 48.0 Å². The zero-order chi connectivity index (χ0) is 23.3. The molecule has 0 spiro atoms. The largest absolute Gasteiger partial charge is 0.489 e. The number of ether oxygens (including phenoxy) is 2. The lowest BCUT2D eigenvalue weighted by molar-refractivity contribution is 0.306. The van der Waals surface area contributed by atoms with Gasteiger partial charge >= 0.3 is 0 Å². The van der Waals surface area contributed by atoms with Crippen LogP contribution in [0.1, 0.15) is 16.7 Å². The third-order valence-corrected chi connectivity index (χ3v) is 5.22. The van der Waals surface area contributed by atoms with E-state index in [0.29, 0.717) is 35.1 Å². The van der Waals surface area contributed by atoms with Crippen LogP contribution in [0.5, 0.6) is 17.2 Å². The minimum atomic E-state index is 0.216. The van der Waals surface area contributed by atoms with Gasteiger partial charge in [0.05, 0.1) is 16.6 Å². The van der Waals surface area contributed by atoms with E-state index in [1.807, 2.05) is 66.7 Å². The topological polar surface area (TPSA) is 96.8 Å². The summed E-state index contributed by atoms with van der Waals surface area (Å²) < 4.78 is 13.6. The maximum Gasteiger partial charge on any atom is 0.154 e. The maximum absolute atomic E-state index is 9.53. The van der Waals surface area contributed by atoms with Crippen molar-refractivity contribution in [3.8, 4) is 35.1 Å². The van der Waals surface area contributed by atoms with E-state index in [-0.39, 0.29) is 11.1 Å². The summed E-state index contributed by atoms with van der Waals surface area (Å²) in [6.07, 6.45) is 0. The predicted molar refractivity (Wildman–Crippen MR) is 126 cm³/mol. The van der Waals surface area contributed by atoms with E-state index in [0.717, 1.165) is 11.1 Å². The Morgan fingerprint density at radius 3 is 2.21 bits per heavy atom. The molecule has 34 heavy (non-hydrogen) atoms. The third kappa shape index (κ3) is 4.14. The molecular formula is C27H17N5O2. The Bertz CT molecular complexity index is 1540. The van der Waals surface area contributed by atoms with Crippen LogP contribution in [0.15, 0.2) is 91.0 Å². The first-order valence-corrected chi connectivity index (χ1v) is 10.5. The van der Waals surface area contributed by atoms with Gasteiger partial charge in [0.25, 0.3) is 0 Å². The number of hydrogen-bond donors (Lipinski definition) is 0. The molecule has 0 bridgehead atoms. The molecule has 1 heterocycles. The molecule has 7 nitrogen and oxygen atoms in total. The van der Waals surface area contributed by atoms with Crippen molar-refractivity contribution < 1.29 is 9.47 Å². The fourth-order valence-corrected chi connectivity index (χ4v) is 3.52. The highest BCUT2D eigenvalue weighted by Crippen LogP contribution is 2.33. The fourth-order valence-electron chi connectivity index (χ4n) is 3.52. The molecule has 0 saturated carbocycles. The van der Waals surface area contributed by atoms with E-state index in [2.05, 4.69) is 22.5 Å². The molecule has 0 aliphatic heterocycles. The second-order valence-corrected chi connectivity index (χ2v) is 7.43. The summed E-state index contributed by atoms with van der Waals surface area (Å²) in [7, 11) is 0. The SMILES string of the molecule is N#Cc1cc(Oc2ccc(OCc3ccccc3)cc2)c(-n2nnc3ccccc32)cc1C#N. The summed E-state index contributed by atoms with van der Waals surface area (Å²) in [5, 5.41) is 27.5. The van der Waals surface area contributed by atoms with Crippen LogP contribution in [0.2, 0.25) is 0 Å². The van der Waals surface area contributed by atoms with Crippen molar-refractivity contribution >= 4 is 11.0 Å². The van der Waals surface area contributed by atoms with Crippen LogP contribution in [-0.2, 0) is 6.61 Å². The van der Waals surface area contributed by atoms with E-state index in [1.165, 1.54) is 0 Å². The first-order valence-electron chi connectivity index (χ1n) is 10.5. The van der Waals surface area contributed by atoms with E-state index in [1.54, 1.807) is 28.9 Å². The van der Waals surface area contributed by atoms with Gasteiger partial charge in [-0.2, -0.15) is 10.5 Å². The van der Waals surface area contributed by atoms with Gasteiger partial charge in [-0.15, -0.1) is 5.10 Å². The molecule has 5 aromatic rings. The highest BCUT2D eigenvalue weighted by Gasteiger charge is 2.17. The van der Waals surface area contributed by atoms with Gasteiger partial charge in [-0.3, -0.25) is 0 Å². The highest BCUT2D eigenvalue weighted by molar-refractivity contribution is 5.77. The van der Waals surface area contributed by atoms with Crippen LogP contribution < -0.4 is 9.47 Å². The van der Waals surface area contributed by atoms with E-state index >= 15 is 0 Å². The zero-order valence-electron chi connectivity index (χ0n) is 17.9. The number of para-hydroxylation sites is 1. The Kier molecular flexibility index (Phi) is 5.59. The Labute approximate surface area is 195 Å². The molecule has 0 fully saturated rings. The third-order valence-electron chi connectivity index (χ3n) is 5.22. The molecule has 0 saturated heterocycles. The van der Waals surface area contributed by atoms with Crippen molar-refractivity contribution in [1.82, 2.24) is 15.0 Å². The van der Waals surface area contributed by atoms with E-state index in [4.69, 9.17) is 9.47 Å². The van der Waals surface area contributed by atoms with Gasteiger partial charge in [0, 0.05) is 6.07 Å². The summed E-state index contributed by atoms with van der Waals surface area (Å²) in [5.74, 6) is 1.63. The van der Waals surface area contributed by atoms with Crippen molar-refractivity contribution in [2.24, 2.45) is 0 Å². The molecule has 7 heteroatoms. The lowest BCUT2D eigenvalue weighted by Crippen LogP contribution is -2.02. The van der Waals surface area contributed by atoms with Crippen LogP contribution >= 0.6 is 0 Å². The average molecular weight is 443 g/mol. The van der Waals surface area contributed by atoms with Gasteiger partial charge in [0.1, 0.15) is 41.4 Å². The standard InChI is InChI=1S/C27H17N5O2/c28-16-20-14-26(32-25-9-5-4-8-24(25)30-31-32)27(15-21(20)17-29)34-23-12-10-22(11-13-23)33-18-19-6-2-1-3-7-19/h1-15H,18H2. The summed E-state index contributed by atoms with van der Waals surface area (Å²) >= 11 is 0. The summed E-state index contributed by atoms with van der Waals surface area (Å²) in [5.41, 5.74) is 3.49. The Morgan fingerprint density at radius 1 is 0.765 bits per heavy atom. The Balaban J connectivity index is 1.46. The van der Waals surface area contributed by atoms with Crippen LogP contribution in [0, 0.1) is 22.7 Å². The number of nitriles is 2. The first-order chi connectivity index (χ1) is 16.7. The van der Waals surface area contributed by atoms with Crippen molar-refractivity contribution in [2.45, 2.75) is 6.61 Å². The van der Waals surface area contributed by atoms with Crippen molar-refractivity contribution in [2.75, 3.05) is 0 Å². The molecule has 0 aliphatic rings. The maximum atomic E-state index is 9.53. The molecular weight excluding hydrogens is 426 g/mol. The van der Waals surface area contributed by atoms with Gasteiger partial charge in [-0.1, -0.05) is 47.7 Å². The summed E-state index contributed by atoms with van der Waals surface area (Å²) in [6.45, 7) is 0.464. The lowest BCUT2D eigenvalue weighted by Gasteiger charge is -2.13. The van der Waals surface area contributed by atoms with E-state index in [9.17, 15) is 10.5 Å². The molecule has 0 unspecified atom stereocenters. The highest BCUT2D eigenvalue weighted by atomic mass is 16.5. The predicted octanol–water partition coefficient (Wildman–Crippen LogP) is 5.54. The summed E-state index contributed by atoms with van der Waals surface area (Å²) in [4.78, 5) is 0. The quantitative estimate of drug-likeness (QED) is 0.342. The lowest BCUT2D eigenvalue weighted by atomic mass is 10.1. The molecule has 0 N–H and O–H groups in total.